The summed E-state index contributed by atoms with van der Waals surface area (Å²) in [5, 5.41) is 0. The average molecular weight is 164 g/mol. The SMILES string of the molecule is CCCCCC1C2C=CC1CC2. The number of rotatable bonds is 4. The molecule has 12 heavy (non-hydrogen) atoms. The number of hydrogen-bond acceptors (Lipinski definition) is 0. The Kier molecular flexibility index (Phi) is 2.53. The van der Waals surface area contributed by atoms with Gasteiger partial charge in [-0.2, -0.15) is 0 Å². The summed E-state index contributed by atoms with van der Waals surface area (Å²) in [4.78, 5) is 0. The normalized spacial score (nSPS) is 37.9. The van der Waals surface area contributed by atoms with Crippen LogP contribution >= 0.6 is 0 Å². The summed E-state index contributed by atoms with van der Waals surface area (Å²) in [7, 11) is 0. The highest BCUT2D eigenvalue weighted by Gasteiger charge is 2.36. The third-order valence-electron chi connectivity index (χ3n) is 3.68. The quantitative estimate of drug-likeness (QED) is 0.438. The van der Waals surface area contributed by atoms with Gasteiger partial charge in [-0.1, -0.05) is 38.3 Å². The minimum atomic E-state index is 0.979. The highest BCUT2D eigenvalue weighted by molar-refractivity contribution is 5.11. The van der Waals surface area contributed by atoms with Crippen LogP contribution in [0.1, 0.15) is 45.4 Å². The van der Waals surface area contributed by atoms with Gasteiger partial charge >= 0.3 is 0 Å². The lowest BCUT2D eigenvalue weighted by Gasteiger charge is -2.14. The van der Waals surface area contributed by atoms with Crippen molar-refractivity contribution < 1.29 is 0 Å². The largest absolute Gasteiger partial charge is 0.0848 e. The van der Waals surface area contributed by atoms with E-state index in [-0.39, 0.29) is 0 Å². The van der Waals surface area contributed by atoms with Crippen molar-refractivity contribution in [3.05, 3.63) is 12.2 Å². The minimum absolute atomic E-state index is 0.979. The predicted molar refractivity (Wildman–Crippen MR) is 53.0 cm³/mol. The molecule has 0 aromatic heterocycles. The van der Waals surface area contributed by atoms with Gasteiger partial charge in [-0.15, -0.1) is 0 Å². The van der Waals surface area contributed by atoms with E-state index in [0.717, 1.165) is 17.8 Å². The molecule has 2 aliphatic rings. The monoisotopic (exact) mass is 164 g/mol. The topological polar surface area (TPSA) is 0 Å². The van der Waals surface area contributed by atoms with Crippen LogP contribution in [0.2, 0.25) is 0 Å². The van der Waals surface area contributed by atoms with Crippen LogP contribution in [0.5, 0.6) is 0 Å². The molecular weight excluding hydrogens is 144 g/mol. The molecule has 2 atom stereocenters. The zero-order valence-corrected chi connectivity index (χ0v) is 8.13. The van der Waals surface area contributed by atoms with Gasteiger partial charge in [0.2, 0.25) is 0 Å². The zero-order valence-electron chi connectivity index (χ0n) is 8.13. The Morgan fingerprint density at radius 2 is 1.75 bits per heavy atom. The van der Waals surface area contributed by atoms with Crippen molar-refractivity contribution in [2.24, 2.45) is 17.8 Å². The number of hydrogen-bond donors (Lipinski definition) is 0. The number of unbranched alkanes of at least 4 members (excludes halogenated alkanes) is 2. The van der Waals surface area contributed by atoms with E-state index in [9.17, 15) is 0 Å². The summed E-state index contributed by atoms with van der Waals surface area (Å²) in [6, 6.07) is 0. The molecule has 0 N–H and O–H groups in total. The van der Waals surface area contributed by atoms with Gasteiger partial charge in [0.15, 0.2) is 0 Å². The molecule has 2 unspecified atom stereocenters. The van der Waals surface area contributed by atoms with Gasteiger partial charge < -0.3 is 0 Å². The molecule has 0 aromatic carbocycles. The molecule has 2 bridgehead atoms. The maximum Gasteiger partial charge on any atom is -0.0199 e. The lowest BCUT2D eigenvalue weighted by molar-refractivity contribution is 0.381. The molecule has 68 valence electrons. The molecule has 1 fully saturated rings. The molecular formula is C12H20. The van der Waals surface area contributed by atoms with Crippen molar-refractivity contribution in [2.75, 3.05) is 0 Å². The van der Waals surface area contributed by atoms with Gasteiger partial charge in [-0.05, 0) is 37.0 Å². The molecule has 0 aliphatic heterocycles. The van der Waals surface area contributed by atoms with Crippen LogP contribution in [0.15, 0.2) is 12.2 Å². The van der Waals surface area contributed by atoms with Crippen LogP contribution in [0.3, 0.4) is 0 Å². The highest BCUT2D eigenvalue weighted by atomic mass is 14.4. The first-order chi connectivity index (χ1) is 5.92. The Hall–Kier alpha value is -0.260. The molecule has 0 nitrogen and oxygen atoms in total. The van der Waals surface area contributed by atoms with Gasteiger partial charge in [-0.3, -0.25) is 0 Å². The van der Waals surface area contributed by atoms with Gasteiger partial charge in [-0.25, -0.2) is 0 Å². The van der Waals surface area contributed by atoms with E-state index < -0.39 is 0 Å². The van der Waals surface area contributed by atoms with Crippen LogP contribution in [-0.2, 0) is 0 Å². The van der Waals surface area contributed by atoms with Crippen LogP contribution in [0.25, 0.3) is 0 Å². The smallest absolute Gasteiger partial charge is 0.0199 e. The van der Waals surface area contributed by atoms with Crippen LogP contribution in [-0.4, -0.2) is 0 Å². The molecule has 0 heteroatoms. The van der Waals surface area contributed by atoms with E-state index in [1.807, 2.05) is 0 Å². The highest BCUT2D eigenvalue weighted by Crippen LogP contribution is 2.46. The maximum atomic E-state index is 2.48. The summed E-state index contributed by atoms with van der Waals surface area (Å²) >= 11 is 0. The van der Waals surface area contributed by atoms with Crippen molar-refractivity contribution in [1.82, 2.24) is 0 Å². The average Bonchev–Trinajstić information content (AvgIpc) is 2.65. The first kappa shape index (κ1) is 8.34. The maximum absolute atomic E-state index is 2.48. The fraction of sp³-hybridized carbons (Fsp3) is 0.833. The molecule has 0 heterocycles. The van der Waals surface area contributed by atoms with Gasteiger partial charge in [0.25, 0.3) is 0 Å². The fourth-order valence-corrected chi connectivity index (χ4v) is 2.95. The molecule has 0 aromatic rings. The Balaban J connectivity index is 1.76. The molecule has 1 saturated carbocycles. The van der Waals surface area contributed by atoms with E-state index in [4.69, 9.17) is 0 Å². The minimum Gasteiger partial charge on any atom is -0.0848 e. The van der Waals surface area contributed by atoms with Crippen LogP contribution in [0.4, 0.5) is 0 Å². The van der Waals surface area contributed by atoms with Crippen LogP contribution in [0, 0.1) is 17.8 Å². The molecule has 0 amide bonds. The van der Waals surface area contributed by atoms with Crippen LogP contribution < -0.4 is 0 Å². The zero-order chi connectivity index (χ0) is 8.39. The van der Waals surface area contributed by atoms with E-state index in [0.29, 0.717) is 0 Å². The summed E-state index contributed by atoms with van der Waals surface area (Å²) in [6.45, 7) is 2.29. The molecule has 0 spiro atoms. The second-order valence-electron chi connectivity index (χ2n) is 4.45. The lowest BCUT2D eigenvalue weighted by atomic mass is 9.91. The van der Waals surface area contributed by atoms with E-state index in [1.54, 1.807) is 0 Å². The lowest BCUT2D eigenvalue weighted by Crippen LogP contribution is -2.06. The molecule has 0 radical (unpaired) electrons. The summed E-state index contributed by atoms with van der Waals surface area (Å²) in [6.07, 6.45) is 13.7. The van der Waals surface area contributed by atoms with E-state index in [1.165, 1.54) is 38.5 Å². The summed E-state index contributed by atoms with van der Waals surface area (Å²) in [5.41, 5.74) is 0. The predicted octanol–water partition coefficient (Wildman–Crippen LogP) is 3.78. The third kappa shape index (κ3) is 1.44. The fourth-order valence-electron chi connectivity index (χ4n) is 2.95. The Bertz CT molecular complexity index is 155. The second kappa shape index (κ2) is 3.64. The molecule has 2 rings (SSSR count). The number of fused-ring (bicyclic) bond motifs is 2. The summed E-state index contributed by atoms with van der Waals surface area (Å²) < 4.78 is 0. The Morgan fingerprint density at radius 3 is 2.25 bits per heavy atom. The van der Waals surface area contributed by atoms with Crippen molar-refractivity contribution in [3.63, 3.8) is 0 Å². The summed E-state index contributed by atoms with van der Waals surface area (Å²) in [5.74, 6) is 3.01. The third-order valence-corrected chi connectivity index (χ3v) is 3.68. The van der Waals surface area contributed by atoms with Gasteiger partial charge in [0, 0.05) is 0 Å². The van der Waals surface area contributed by atoms with Crippen molar-refractivity contribution in [2.45, 2.75) is 45.4 Å². The van der Waals surface area contributed by atoms with Crippen molar-refractivity contribution >= 4 is 0 Å². The van der Waals surface area contributed by atoms with Gasteiger partial charge in [0.05, 0.1) is 0 Å². The molecule has 2 aliphatic carbocycles. The Labute approximate surface area is 76.1 Å². The van der Waals surface area contributed by atoms with Crippen molar-refractivity contribution in [1.29, 1.82) is 0 Å². The van der Waals surface area contributed by atoms with Gasteiger partial charge in [0.1, 0.15) is 0 Å². The van der Waals surface area contributed by atoms with E-state index in [2.05, 4.69) is 19.1 Å². The van der Waals surface area contributed by atoms with Crippen molar-refractivity contribution in [3.8, 4) is 0 Å². The first-order valence-corrected chi connectivity index (χ1v) is 5.60. The second-order valence-corrected chi connectivity index (χ2v) is 4.45. The first-order valence-electron chi connectivity index (χ1n) is 5.60. The Morgan fingerprint density at radius 1 is 1.08 bits per heavy atom. The van der Waals surface area contributed by atoms with E-state index >= 15 is 0 Å². The number of allylic oxidation sites excluding steroid dienone is 2. The molecule has 0 saturated heterocycles. The standard InChI is InChI=1S/C12H20/c1-2-3-4-5-12-10-6-7-11(12)9-8-10/h6-7,10-12H,2-5,8-9H2,1H3.